The predicted molar refractivity (Wildman–Crippen MR) is 118 cm³/mol. The number of amides is 1. The van der Waals surface area contributed by atoms with Crippen LogP contribution in [0.4, 0.5) is 5.69 Å². The van der Waals surface area contributed by atoms with E-state index in [9.17, 15) is 13.2 Å². The van der Waals surface area contributed by atoms with Crippen molar-refractivity contribution in [2.45, 2.75) is 19.5 Å². The first-order valence-corrected chi connectivity index (χ1v) is 11.9. The lowest BCUT2D eigenvalue weighted by atomic mass is 10.1. The Morgan fingerprint density at radius 2 is 1.83 bits per heavy atom. The standard InChI is InChI=1S/C22H29N3O4S/c1-18(16-24-11-13-29-14-12-24)25(17-19-7-4-3-5-8-19)22(26)20-9-6-10-21(15-20)23-30(2,27)28/h3-10,15,18,23H,11-14,16-17H2,1-2H3. The van der Waals surface area contributed by atoms with Crippen LogP contribution in [0.25, 0.3) is 0 Å². The Balaban J connectivity index is 1.83. The fourth-order valence-electron chi connectivity index (χ4n) is 3.56. The third kappa shape index (κ3) is 6.55. The lowest BCUT2D eigenvalue weighted by Crippen LogP contribution is -2.48. The van der Waals surface area contributed by atoms with Crippen molar-refractivity contribution in [2.75, 3.05) is 43.8 Å². The zero-order chi connectivity index (χ0) is 21.6. The van der Waals surface area contributed by atoms with Crippen molar-refractivity contribution < 1.29 is 17.9 Å². The molecule has 8 heteroatoms. The number of carbonyl (C=O) groups is 1. The van der Waals surface area contributed by atoms with E-state index in [2.05, 4.69) is 16.5 Å². The number of nitrogens with zero attached hydrogens (tertiary/aromatic N) is 2. The van der Waals surface area contributed by atoms with E-state index < -0.39 is 10.0 Å². The van der Waals surface area contributed by atoms with Gasteiger partial charge in [0.2, 0.25) is 10.0 Å². The number of ether oxygens (including phenoxy) is 1. The predicted octanol–water partition coefficient (Wildman–Crippen LogP) is 2.42. The van der Waals surface area contributed by atoms with Gasteiger partial charge in [0, 0.05) is 43.5 Å². The highest BCUT2D eigenvalue weighted by Crippen LogP contribution is 2.18. The van der Waals surface area contributed by atoms with Gasteiger partial charge in [-0.05, 0) is 30.7 Å². The molecule has 3 rings (SSSR count). The molecule has 162 valence electrons. The van der Waals surface area contributed by atoms with Gasteiger partial charge in [0.05, 0.1) is 19.5 Å². The van der Waals surface area contributed by atoms with Gasteiger partial charge in [-0.3, -0.25) is 14.4 Å². The Morgan fingerprint density at radius 1 is 1.13 bits per heavy atom. The summed E-state index contributed by atoms with van der Waals surface area (Å²) in [6.45, 7) is 6.40. The molecule has 1 heterocycles. The van der Waals surface area contributed by atoms with Gasteiger partial charge in [-0.1, -0.05) is 36.4 Å². The smallest absolute Gasteiger partial charge is 0.254 e. The lowest BCUT2D eigenvalue weighted by Gasteiger charge is -2.35. The molecule has 0 saturated carbocycles. The maximum Gasteiger partial charge on any atom is 0.254 e. The summed E-state index contributed by atoms with van der Waals surface area (Å²) in [5.74, 6) is -0.128. The zero-order valence-electron chi connectivity index (χ0n) is 17.5. The summed E-state index contributed by atoms with van der Waals surface area (Å²) in [5, 5.41) is 0. The van der Waals surface area contributed by atoms with Crippen LogP contribution in [-0.2, 0) is 21.3 Å². The normalized spacial score (nSPS) is 16.1. The van der Waals surface area contributed by atoms with Crippen molar-refractivity contribution in [3.63, 3.8) is 0 Å². The molecule has 1 saturated heterocycles. The number of hydrogen-bond donors (Lipinski definition) is 1. The van der Waals surface area contributed by atoms with Gasteiger partial charge < -0.3 is 9.64 Å². The van der Waals surface area contributed by atoms with Crippen LogP contribution in [0.1, 0.15) is 22.8 Å². The molecule has 0 bridgehead atoms. The lowest BCUT2D eigenvalue weighted by molar-refractivity contribution is 0.0228. The summed E-state index contributed by atoms with van der Waals surface area (Å²) < 4.78 is 31.0. The Morgan fingerprint density at radius 3 is 2.50 bits per heavy atom. The molecule has 0 spiro atoms. The molecule has 1 N–H and O–H groups in total. The van der Waals surface area contributed by atoms with Crippen molar-refractivity contribution >= 4 is 21.6 Å². The minimum Gasteiger partial charge on any atom is -0.379 e. The molecule has 0 aliphatic carbocycles. The molecule has 7 nitrogen and oxygen atoms in total. The van der Waals surface area contributed by atoms with Crippen molar-refractivity contribution in [2.24, 2.45) is 0 Å². The van der Waals surface area contributed by atoms with Gasteiger partial charge >= 0.3 is 0 Å². The van der Waals surface area contributed by atoms with Crippen LogP contribution in [0.2, 0.25) is 0 Å². The van der Waals surface area contributed by atoms with Crippen LogP contribution in [0.15, 0.2) is 54.6 Å². The number of carbonyl (C=O) groups excluding carboxylic acids is 1. The number of sulfonamides is 1. The van der Waals surface area contributed by atoms with Gasteiger partial charge in [0.15, 0.2) is 0 Å². The Hall–Kier alpha value is -2.42. The van der Waals surface area contributed by atoms with E-state index >= 15 is 0 Å². The Labute approximate surface area is 178 Å². The van der Waals surface area contributed by atoms with Gasteiger partial charge in [-0.2, -0.15) is 0 Å². The molecule has 2 aromatic carbocycles. The summed E-state index contributed by atoms with van der Waals surface area (Å²) in [5.41, 5.74) is 1.88. The largest absolute Gasteiger partial charge is 0.379 e. The SMILES string of the molecule is CC(CN1CCOCC1)N(Cc1ccccc1)C(=O)c1cccc(NS(C)(=O)=O)c1. The Bertz CT molecular complexity index is 944. The second kappa shape index (κ2) is 10.1. The maximum atomic E-state index is 13.5. The summed E-state index contributed by atoms with van der Waals surface area (Å²) in [6.07, 6.45) is 1.09. The molecular formula is C22H29N3O4S. The average Bonchev–Trinajstić information content (AvgIpc) is 2.72. The second-order valence-corrected chi connectivity index (χ2v) is 9.38. The molecule has 1 fully saturated rings. The molecular weight excluding hydrogens is 402 g/mol. The number of rotatable bonds is 8. The first kappa shape index (κ1) is 22.3. The minimum absolute atomic E-state index is 0.0256. The van der Waals surface area contributed by atoms with E-state index in [1.54, 1.807) is 24.3 Å². The van der Waals surface area contributed by atoms with Gasteiger partial charge in [0.1, 0.15) is 0 Å². The highest BCUT2D eigenvalue weighted by molar-refractivity contribution is 7.92. The second-order valence-electron chi connectivity index (χ2n) is 7.64. The first-order chi connectivity index (χ1) is 14.3. The summed E-state index contributed by atoms with van der Waals surface area (Å²) >= 11 is 0. The van der Waals surface area contributed by atoms with Crippen molar-refractivity contribution in [3.05, 3.63) is 65.7 Å². The molecule has 1 atom stereocenters. The van der Waals surface area contributed by atoms with Crippen LogP contribution < -0.4 is 4.72 Å². The summed E-state index contributed by atoms with van der Waals surface area (Å²) in [6, 6.07) is 16.5. The molecule has 1 unspecified atom stereocenters. The minimum atomic E-state index is -3.42. The number of morpholine rings is 1. The third-order valence-corrected chi connectivity index (χ3v) is 5.63. The fraction of sp³-hybridized carbons (Fsp3) is 0.409. The van der Waals surface area contributed by atoms with Crippen LogP contribution in [0, 0.1) is 0 Å². The quantitative estimate of drug-likeness (QED) is 0.695. The average molecular weight is 432 g/mol. The van der Waals surface area contributed by atoms with Crippen molar-refractivity contribution in [1.82, 2.24) is 9.80 Å². The molecule has 1 aliphatic rings. The van der Waals surface area contributed by atoms with Crippen LogP contribution in [0.5, 0.6) is 0 Å². The van der Waals surface area contributed by atoms with Gasteiger partial charge in [0.25, 0.3) is 5.91 Å². The highest BCUT2D eigenvalue weighted by Gasteiger charge is 2.25. The molecule has 2 aromatic rings. The fourth-order valence-corrected chi connectivity index (χ4v) is 4.11. The molecule has 1 aliphatic heterocycles. The van der Waals surface area contributed by atoms with Gasteiger partial charge in [-0.25, -0.2) is 8.42 Å². The monoisotopic (exact) mass is 431 g/mol. The molecule has 30 heavy (non-hydrogen) atoms. The molecule has 1 amide bonds. The third-order valence-electron chi connectivity index (χ3n) is 5.03. The van der Waals surface area contributed by atoms with E-state index in [-0.39, 0.29) is 11.9 Å². The van der Waals surface area contributed by atoms with Gasteiger partial charge in [-0.15, -0.1) is 0 Å². The summed E-state index contributed by atoms with van der Waals surface area (Å²) in [4.78, 5) is 17.6. The van der Waals surface area contributed by atoms with Crippen LogP contribution in [-0.4, -0.2) is 69.3 Å². The molecule has 0 aromatic heterocycles. The van der Waals surface area contributed by atoms with Crippen molar-refractivity contribution in [3.8, 4) is 0 Å². The summed E-state index contributed by atoms with van der Waals surface area (Å²) in [7, 11) is -3.42. The maximum absolute atomic E-state index is 13.5. The van der Waals surface area contributed by atoms with E-state index in [1.165, 1.54) is 0 Å². The van der Waals surface area contributed by atoms with E-state index in [0.717, 1.165) is 31.5 Å². The zero-order valence-corrected chi connectivity index (χ0v) is 18.3. The number of nitrogens with one attached hydrogen (secondary N) is 1. The van der Waals surface area contributed by atoms with Crippen molar-refractivity contribution in [1.29, 1.82) is 0 Å². The highest BCUT2D eigenvalue weighted by atomic mass is 32.2. The Kier molecular flexibility index (Phi) is 7.47. The van der Waals surface area contributed by atoms with Crippen LogP contribution >= 0.6 is 0 Å². The number of hydrogen-bond acceptors (Lipinski definition) is 5. The van der Waals surface area contributed by atoms with E-state index in [1.807, 2.05) is 35.2 Å². The van der Waals surface area contributed by atoms with Crippen LogP contribution in [0.3, 0.4) is 0 Å². The number of benzene rings is 2. The van der Waals surface area contributed by atoms with E-state index in [0.29, 0.717) is 31.0 Å². The number of anilines is 1. The van der Waals surface area contributed by atoms with E-state index in [4.69, 9.17) is 4.74 Å². The topological polar surface area (TPSA) is 79.0 Å². The first-order valence-electron chi connectivity index (χ1n) is 10.0. The molecule has 0 radical (unpaired) electrons.